The van der Waals surface area contributed by atoms with Crippen LogP contribution in [0.25, 0.3) is 0 Å². The average molecular weight is 285 g/mol. The van der Waals surface area contributed by atoms with E-state index in [1.165, 1.54) is 25.0 Å². The molecule has 20 heavy (non-hydrogen) atoms. The lowest BCUT2D eigenvalue weighted by Crippen LogP contribution is -2.18. The third-order valence-electron chi connectivity index (χ3n) is 2.77. The smallest absolute Gasteiger partial charge is 0.243 e. The van der Waals surface area contributed by atoms with Crippen molar-refractivity contribution in [3.63, 3.8) is 0 Å². The molecule has 1 aromatic rings. The number of benzene rings is 1. The Hall–Kier alpha value is -1.46. The van der Waals surface area contributed by atoms with Crippen molar-refractivity contribution in [2.24, 2.45) is 5.92 Å². The van der Waals surface area contributed by atoms with E-state index in [1.807, 2.05) is 0 Å². The summed E-state index contributed by atoms with van der Waals surface area (Å²) >= 11 is 0. The van der Waals surface area contributed by atoms with E-state index in [4.69, 9.17) is 10.3 Å². The SMILES string of the molecule is CC1CC1.CO.O=C(CCCc1ccc(F)cc1)NO. The maximum absolute atomic E-state index is 12.5. The van der Waals surface area contributed by atoms with Gasteiger partial charge >= 0.3 is 0 Å². The van der Waals surface area contributed by atoms with Gasteiger partial charge in [-0.3, -0.25) is 10.0 Å². The number of amides is 1. The molecule has 1 aromatic carbocycles. The van der Waals surface area contributed by atoms with E-state index in [0.717, 1.165) is 18.6 Å². The molecule has 0 radical (unpaired) electrons. The van der Waals surface area contributed by atoms with Crippen molar-refractivity contribution >= 4 is 5.91 Å². The second-order valence-electron chi connectivity index (χ2n) is 4.70. The van der Waals surface area contributed by atoms with Crippen LogP contribution >= 0.6 is 0 Å². The first-order valence-electron chi connectivity index (χ1n) is 6.74. The van der Waals surface area contributed by atoms with Gasteiger partial charge in [0.2, 0.25) is 5.91 Å². The Morgan fingerprint density at radius 2 is 1.80 bits per heavy atom. The van der Waals surface area contributed by atoms with Crippen molar-refractivity contribution < 1.29 is 19.5 Å². The predicted molar refractivity (Wildman–Crippen MR) is 75.8 cm³/mol. The molecule has 114 valence electrons. The molecule has 1 amide bonds. The molecule has 1 aliphatic rings. The van der Waals surface area contributed by atoms with Crippen LogP contribution in [0.3, 0.4) is 0 Å². The van der Waals surface area contributed by atoms with Gasteiger partial charge in [-0.15, -0.1) is 0 Å². The van der Waals surface area contributed by atoms with E-state index in [9.17, 15) is 9.18 Å². The largest absolute Gasteiger partial charge is 0.400 e. The Balaban J connectivity index is 0.000000501. The Kier molecular flexibility index (Phi) is 10.5. The highest BCUT2D eigenvalue weighted by atomic mass is 19.1. The fourth-order valence-electron chi connectivity index (χ4n) is 1.33. The molecule has 1 aliphatic carbocycles. The zero-order valence-corrected chi connectivity index (χ0v) is 12.1. The van der Waals surface area contributed by atoms with Crippen molar-refractivity contribution in [1.29, 1.82) is 0 Å². The molecule has 0 bridgehead atoms. The number of halogens is 1. The first kappa shape index (κ1) is 18.5. The molecular formula is C15H24FNO3. The second-order valence-corrected chi connectivity index (χ2v) is 4.70. The summed E-state index contributed by atoms with van der Waals surface area (Å²) in [6.45, 7) is 2.28. The minimum Gasteiger partial charge on any atom is -0.400 e. The van der Waals surface area contributed by atoms with Gasteiger partial charge < -0.3 is 5.11 Å². The fraction of sp³-hybridized carbons (Fsp3) is 0.533. The number of carbonyl (C=O) groups is 1. The van der Waals surface area contributed by atoms with Crippen molar-refractivity contribution in [1.82, 2.24) is 5.48 Å². The van der Waals surface area contributed by atoms with Gasteiger partial charge in [0.15, 0.2) is 0 Å². The van der Waals surface area contributed by atoms with Crippen LogP contribution in [0, 0.1) is 11.7 Å². The average Bonchev–Trinajstić information content (AvgIpc) is 3.26. The zero-order chi connectivity index (χ0) is 15.4. The number of rotatable bonds is 4. The number of aliphatic hydroxyl groups is 1. The van der Waals surface area contributed by atoms with E-state index >= 15 is 0 Å². The fourth-order valence-corrected chi connectivity index (χ4v) is 1.33. The summed E-state index contributed by atoms with van der Waals surface area (Å²) in [6, 6.07) is 6.15. The summed E-state index contributed by atoms with van der Waals surface area (Å²) in [6.07, 6.45) is 4.58. The normalized spacial score (nSPS) is 12.4. The van der Waals surface area contributed by atoms with E-state index in [2.05, 4.69) is 6.92 Å². The van der Waals surface area contributed by atoms with Gasteiger partial charge in [-0.1, -0.05) is 31.9 Å². The maximum Gasteiger partial charge on any atom is 0.243 e. The van der Waals surface area contributed by atoms with Crippen LogP contribution in [0.1, 0.15) is 38.2 Å². The van der Waals surface area contributed by atoms with Crippen LogP contribution < -0.4 is 5.48 Å². The summed E-state index contributed by atoms with van der Waals surface area (Å²) in [5, 5.41) is 15.2. The van der Waals surface area contributed by atoms with E-state index in [1.54, 1.807) is 17.6 Å². The number of hydroxylamine groups is 1. The van der Waals surface area contributed by atoms with Crippen LogP contribution in [-0.4, -0.2) is 23.3 Å². The van der Waals surface area contributed by atoms with Crippen molar-refractivity contribution in [2.75, 3.05) is 7.11 Å². The predicted octanol–water partition coefficient (Wildman–Crippen LogP) is 2.68. The monoisotopic (exact) mass is 285 g/mol. The number of carbonyl (C=O) groups excluding carboxylic acids is 1. The highest BCUT2D eigenvalue weighted by Crippen LogP contribution is 2.26. The molecule has 5 heteroatoms. The Bertz CT molecular complexity index is 364. The van der Waals surface area contributed by atoms with Crippen LogP contribution in [0.15, 0.2) is 24.3 Å². The number of aliphatic hydroxyl groups excluding tert-OH is 1. The van der Waals surface area contributed by atoms with Gasteiger partial charge in [0.05, 0.1) is 0 Å². The lowest BCUT2D eigenvalue weighted by Gasteiger charge is -2.00. The highest BCUT2D eigenvalue weighted by molar-refractivity contribution is 5.74. The maximum atomic E-state index is 12.5. The van der Waals surface area contributed by atoms with Gasteiger partial charge in [0.1, 0.15) is 5.82 Å². The van der Waals surface area contributed by atoms with Gasteiger partial charge in [-0.2, -0.15) is 0 Å². The molecular weight excluding hydrogens is 261 g/mol. The molecule has 0 saturated heterocycles. The molecule has 0 atom stereocenters. The third-order valence-corrected chi connectivity index (χ3v) is 2.77. The van der Waals surface area contributed by atoms with Gasteiger partial charge in [0.25, 0.3) is 0 Å². The topological polar surface area (TPSA) is 69.6 Å². The molecule has 0 heterocycles. The van der Waals surface area contributed by atoms with Crippen molar-refractivity contribution in [2.45, 2.75) is 39.0 Å². The lowest BCUT2D eigenvalue weighted by molar-refractivity contribution is -0.129. The molecule has 1 fully saturated rings. The molecule has 0 aliphatic heterocycles. The van der Waals surface area contributed by atoms with E-state index < -0.39 is 5.91 Å². The summed E-state index contributed by atoms with van der Waals surface area (Å²) in [5.74, 6) is 0.425. The zero-order valence-electron chi connectivity index (χ0n) is 12.1. The van der Waals surface area contributed by atoms with E-state index in [-0.39, 0.29) is 12.2 Å². The van der Waals surface area contributed by atoms with Gasteiger partial charge in [-0.25, -0.2) is 9.87 Å². The minimum atomic E-state index is -0.396. The first-order valence-corrected chi connectivity index (χ1v) is 6.74. The Morgan fingerprint density at radius 3 is 2.20 bits per heavy atom. The number of hydrogen-bond donors (Lipinski definition) is 3. The highest BCUT2D eigenvalue weighted by Gasteiger charge is 2.12. The summed E-state index contributed by atoms with van der Waals surface area (Å²) in [4.78, 5) is 10.6. The molecule has 0 aromatic heterocycles. The van der Waals surface area contributed by atoms with Gasteiger partial charge in [-0.05, 0) is 36.5 Å². The van der Waals surface area contributed by atoms with Crippen molar-refractivity contribution in [3.05, 3.63) is 35.6 Å². The van der Waals surface area contributed by atoms with Crippen LogP contribution in [0.2, 0.25) is 0 Å². The third kappa shape index (κ3) is 10.5. The Morgan fingerprint density at radius 1 is 1.30 bits per heavy atom. The van der Waals surface area contributed by atoms with Crippen LogP contribution in [-0.2, 0) is 11.2 Å². The van der Waals surface area contributed by atoms with E-state index in [0.29, 0.717) is 12.8 Å². The molecule has 1 saturated carbocycles. The lowest BCUT2D eigenvalue weighted by atomic mass is 10.1. The first-order chi connectivity index (χ1) is 9.61. The van der Waals surface area contributed by atoms with Gasteiger partial charge in [0, 0.05) is 13.5 Å². The number of nitrogens with one attached hydrogen (secondary N) is 1. The molecule has 0 spiro atoms. The summed E-state index contributed by atoms with van der Waals surface area (Å²) < 4.78 is 12.5. The number of hydrogen-bond acceptors (Lipinski definition) is 3. The van der Waals surface area contributed by atoms with Crippen molar-refractivity contribution in [3.8, 4) is 0 Å². The molecule has 0 unspecified atom stereocenters. The van der Waals surface area contributed by atoms with Crippen LogP contribution in [0.4, 0.5) is 4.39 Å². The van der Waals surface area contributed by atoms with Crippen LogP contribution in [0.5, 0.6) is 0 Å². The second kappa shape index (κ2) is 11.4. The Labute approximate surface area is 119 Å². The minimum absolute atomic E-state index is 0.262. The standard InChI is InChI=1S/C10H12FNO2.C4H8.CH4O/c11-9-6-4-8(5-7-9)2-1-3-10(13)12-14;1-4-2-3-4;1-2/h4-7,14H,1-3H2,(H,12,13);4H,2-3H2,1H3;2H,1H3. The quantitative estimate of drug-likeness (QED) is 0.588. The summed E-state index contributed by atoms with van der Waals surface area (Å²) in [5.41, 5.74) is 2.54. The molecule has 3 N–H and O–H groups in total. The summed E-state index contributed by atoms with van der Waals surface area (Å²) in [7, 11) is 1.00. The molecule has 4 nitrogen and oxygen atoms in total. The number of aryl methyl sites for hydroxylation is 1. The molecule has 2 rings (SSSR count).